The normalized spacial score (nSPS) is 19.8. The van der Waals surface area contributed by atoms with Crippen LogP contribution in [-0.2, 0) is 14.8 Å². The summed E-state index contributed by atoms with van der Waals surface area (Å²) >= 11 is 6.13. The number of anilines is 3. The summed E-state index contributed by atoms with van der Waals surface area (Å²) in [4.78, 5) is 24.1. The smallest absolute Gasteiger partial charge is 0.253 e. The fourth-order valence-corrected chi connectivity index (χ4v) is 6.19. The Morgan fingerprint density at radius 3 is 2.33 bits per heavy atom. The van der Waals surface area contributed by atoms with Gasteiger partial charge in [-0.25, -0.2) is 8.42 Å². The SMILES string of the molecule is CC[C@@H](Nc1c(Nc2ccc(Cl)c(S(=O)(=O)N(CC)CC)c2O)c(=O)c1=O)[C@H]1CCC(C)O1. The van der Waals surface area contributed by atoms with Crippen LogP contribution < -0.4 is 21.5 Å². The van der Waals surface area contributed by atoms with Gasteiger partial charge in [0, 0.05) is 13.1 Å². The van der Waals surface area contributed by atoms with Gasteiger partial charge in [-0.3, -0.25) is 9.59 Å². The lowest BCUT2D eigenvalue weighted by molar-refractivity contribution is 0.0438. The number of rotatable bonds is 10. The fraction of sp³-hybridized carbons (Fsp3) is 0.545. The summed E-state index contributed by atoms with van der Waals surface area (Å²) in [7, 11) is -4.08. The molecule has 2 aromatic carbocycles. The molecule has 0 amide bonds. The van der Waals surface area contributed by atoms with Crippen molar-refractivity contribution in [3.63, 3.8) is 0 Å². The number of hydrogen-bond acceptors (Lipinski definition) is 8. The van der Waals surface area contributed by atoms with E-state index in [1.54, 1.807) is 13.8 Å². The maximum absolute atomic E-state index is 13.0. The molecular weight excluding hydrogens is 470 g/mol. The maximum atomic E-state index is 13.0. The van der Waals surface area contributed by atoms with Crippen LogP contribution in [0.25, 0.3) is 0 Å². The number of phenolic OH excluding ortho intramolecular Hbond substituents is 1. The Hall–Kier alpha value is -2.14. The molecule has 1 unspecified atom stereocenters. The highest BCUT2D eigenvalue weighted by molar-refractivity contribution is 7.89. The van der Waals surface area contributed by atoms with Gasteiger partial charge in [-0.2, -0.15) is 4.31 Å². The van der Waals surface area contributed by atoms with Gasteiger partial charge < -0.3 is 20.5 Å². The molecule has 1 saturated heterocycles. The van der Waals surface area contributed by atoms with Gasteiger partial charge in [0.25, 0.3) is 10.9 Å². The summed E-state index contributed by atoms with van der Waals surface area (Å²) in [6, 6.07) is 2.51. The predicted octanol–water partition coefficient (Wildman–Crippen LogP) is 3.17. The van der Waals surface area contributed by atoms with E-state index < -0.39 is 31.5 Å². The van der Waals surface area contributed by atoms with Crippen LogP contribution >= 0.6 is 11.6 Å². The van der Waals surface area contributed by atoms with Crippen molar-refractivity contribution in [2.75, 3.05) is 23.7 Å². The first-order chi connectivity index (χ1) is 15.6. The second-order valence-corrected chi connectivity index (χ2v) is 10.4. The van der Waals surface area contributed by atoms with E-state index in [-0.39, 0.29) is 53.4 Å². The number of nitrogens with zero attached hydrogens (tertiary/aromatic N) is 1. The van der Waals surface area contributed by atoms with E-state index in [4.69, 9.17) is 16.3 Å². The minimum atomic E-state index is -4.08. The van der Waals surface area contributed by atoms with E-state index in [0.29, 0.717) is 6.42 Å². The number of nitrogens with one attached hydrogen (secondary N) is 2. The molecule has 0 aliphatic carbocycles. The summed E-state index contributed by atoms with van der Waals surface area (Å²) in [5, 5.41) is 16.5. The molecule has 1 aliphatic heterocycles. The Morgan fingerprint density at radius 2 is 1.79 bits per heavy atom. The first-order valence-electron chi connectivity index (χ1n) is 11.1. The third-order valence-electron chi connectivity index (χ3n) is 6.04. The van der Waals surface area contributed by atoms with Crippen LogP contribution in [-0.4, -0.2) is 49.2 Å². The number of benzene rings is 1. The first kappa shape index (κ1) is 25.5. The van der Waals surface area contributed by atoms with Crippen molar-refractivity contribution >= 4 is 38.7 Å². The third-order valence-corrected chi connectivity index (χ3v) is 8.59. The molecule has 11 heteroatoms. The van der Waals surface area contributed by atoms with Gasteiger partial charge in [-0.05, 0) is 38.3 Å². The van der Waals surface area contributed by atoms with Crippen molar-refractivity contribution in [2.24, 2.45) is 0 Å². The zero-order valence-electron chi connectivity index (χ0n) is 19.1. The molecule has 2 aromatic rings. The van der Waals surface area contributed by atoms with Crippen LogP contribution in [0.4, 0.5) is 17.1 Å². The van der Waals surface area contributed by atoms with E-state index >= 15 is 0 Å². The lowest BCUT2D eigenvalue weighted by Gasteiger charge is -2.26. The molecule has 182 valence electrons. The molecule has 9 nitrogen and oxygen atoms in total. The molecule has 3 atom stereocenters. The van der Waals surface area contributed by atoms with Crippen molar-refractivity contribution in [1.29, 1.82) is 0 Å². The Labute approximate surface area is 198 Å². The second kappa shape index (κ2) is 10.0. The average Bonchev–Trinajstić information content (AvgIpc) is 3.20. The molecule has 0 spiro atoms. The minimum Gasteiger partial charge on any atom is -0.504 e. The van der Waals surface area contributed by atoms with Gasteiger partial charge >= 0.3 is 0 Å². The topological polar surface area (TPSA) is 125 Å². The van der Waals surface area contributed by atoms with Crippen molar-refractivity contribution in [2.45, 2.75) is 70.1 Å². The molecule has 0 radical (unpaired) electrons. The maximum Gasteiger partial charge on any atom is 0.253 e. The third kappa shape index (κ3) is 4.75. The first-order valence-corrected chi connectivity index (χ1v) is 12.9. The van der Waals surface area contributed by atoms with E-state index in [1.165, 1.54) is 12.1 Å². The monoisotopic (exact) mass is 499 g/mol. The predicted molar refractivity (Wildman–Crippen MR) is 129 cm³/mol. The van der Waals surface area contributed by atoms with Crippen molar-refractivity contribution in [3.05, 3.63) is 37.6 Å². The summed E-state index contributed by atoms with van der Waals surface area (Å²) in [6.45, 7) is 7.68. The van der Waals surface area contributed by atoms with Crippen molar-refractivity contribution < 1.29 is 18.3 Å². The number of sulfonamides is 1. The zero-order chi connectivity index (χ0) is 24.5. The molecular formula is C22H30ClN3O6S. The summed E-state index contributed by atoms with van der Waals surface area (Å²) in [6.07, 6.45) is 2.48. The van der Waals surface area contributed by atoms with Crippen LogP contribution in [0.15, 0.2) is 26.6 Å². The van der Waals surface area contributed by atoms with E-state index in [0.717, 1.165) is 17.1 Å². The molecule has 0 saturated carbocycles. The van der Waals surface area contributed by atoms with Gasteiger partial charge in [0.05, 0.1) is 29.0 Å². The molecule has 0 aromatic heterocycles. The number of phenols is 1. The zero-order valence-corrected chi connectivity index (χ0v) is 20.7. The number of aromatic hydroxyl groups is 1. The molecule has 33 heavy (non-hydrogen) atoms. The van der Waals surface area contributed by atoms with Crippen LogP contribution in [0.5, 0.6) is 5.75 Å². The Bertz CT molecular complexity index is 1190. The fourth-order valence-electron chi connectivity index (χ4n) is 4.14. The van der Waals surface area contributed by atoms with Crippen LogP contribution in [0, 0.1) is 0 Å². The highest BCUT2D eigenvalue weighted by Crippen LogP contribution is 2.40. The summed E-state index contributed by atoms with van der Waals surface area (Å²) in [5.74, 6) is -0.617. The van der Waals surface area contributed by atoms with Gasteiger partial charge in [0.1, 0.15) is 16.3 Å². The van der Waals surface area contributed by atoms with E-state index in [2.05, 4.69) is 10.6 Å². The molecule has 1 aliphatic rings. The van der Waals surface area contributed by atoms with Crippen molar-refractivity contribution in [1.82, 2.24) is 4.31 Å². The van der Waals surface area contributed by atoms with Gasteiger partial charge in [0.15, 0.2) is 5.75 Å². The molecule has 3 N–H and O–H groups in total. The van der Waals surface area contributed by atoms with Gasteiger partial charge in [-0.15, -0.1) is 0 Å². The number of ether oxygens (including phenoxy) is 1. The number of hydrogen-bond donors (Lipinski definition) is 3. The quantitative estimate of drug-likeness (QED) is 0.336. The second-order valence-electron chi connectivity index (χ2n) is 8.12. The largest absolute Gasteiger partial charge is 0.504 e. The molecule has 1 fully saturated rings. The van der Waals surface area contributed by atoms with E-state index in [9.17, 15) is 23.1 Å². The minimum absolute atomic E-state index is 0.0340. The van der Waals surface area contributed by atoms with Crippen molar-refractivity contribution in [3.8, 4) is 5.75 Å². The van der Waals surface area contributed by atoms with Gasteiger partial charge in [0.2, 0.25) is 10.0 Å². The average molecular weight is 500 g/mol. The lowest BCUT2D eigenvalue weighted by Crippen LogP contribution is -2.42. The summed E-state index contributed by atoms with van der Waals surface area (Å²) < 4.78 is 33.0. The highest BCUT2D eigenvalue weighted by Gasteiger charge is 2.33. The van der Waals surface area contributed by atoms with Gasteiger partial charge in [-0.1, -0.05) is 32.4 Å². The highest BCUT2D eigenvalue weighted by atomic mass is 35.5. The molecule has 3 rings (SSSR count). The van der Waals surface area contributed by atoms with Crippen LogP contribution in [0.1, 0.15) is 47.0 Å². The molecule has 0 bridgehead atoms. The Balaban J connectivity index is 1.93. The van der Waals surface area contributed by atoms with E-state index in [1.807, 2.05) is 13.8 Å². The Morgan fingerprint density at radius 1 is 1.15 bits per heavy atom. The lowest BCUT2D eigenvalue weighted by atomic mass is 10.0. The summed E-state index contributed by atoms with van der Waals surface area (Å²) in [5.41, 5.74) is -1.41. The van der Waals surface area contributed by atoms with Crippen LogP contribution in [0.2, 0.25) is 5.02 Å². The molecule has 1 heterocycles. The van der Waals surface area contributed by atoms with Crippen LogP contribution in [0.3, 0.4) is 0 Å². The number of halogens is 1. The Kier molecular flexibility index (Phi) is 7.73. The standard InChI is InChI=1S/C22H30ClN3O6S/c1-5-14(16-11-8-12(4)32-16)24-17-18(21(29)20(17)28)25-15-10-9-13(23)22(19(15)27)33(30,31)26(6-2)7-3/h9-10,12,14,16,24-25,27H,5-8,11H2,1-4H3/t12?,14-,16-/m1/s1.